The molecule has 0 fully saturated rings. The Morgan fingerprint density at radius 2 is 1.81 bits per heavy atom. The number of nitrogens with zero attached hydrogens (tertiary/aromatic N) is 2. The van der Waals surface area contributed by atoms with E-state index in [4.69, 9.17) is 11.3 Å². The quantitative estimate of drug-likeness (QED) is 0.245. The molecular formula is C24H19N2O+. The van der Waals surface area contributed by atoms with E-state index >= 15 is 0 Å². The van der Waals surface area contributed by atoms with Crippen LogP contribution in [0.4, 0.5) is 5.69 Å². The van der Waals surface area contributed by atoms with E-state index in [0.717, 1.165) is 33.3 Å². The maximum atomic E-state index is 7.84. The van der Waals surface area contributed by atoms with Crippen molar-refractivity contribution in [2.24, 2.45) is 7.05 Å². The third kappa shape index (κ3) is 1.98. The molecular weight excluding hydrogens is 332 g/mol. The zero-order chi connectivity index (χ0) is 18.9. The van der Waals surface area contributed by atoms with Crippen molar-refractivity contribution in [3.8, 4) is 22.8 Å². The molecule has 0 aliphatic carbocycles. The number of benzene rings is 3. The van der Waals surface area contributed by atoms with Crippen LogP contribution < -0.4 is 9.30 Å². The van der Waals surface area contributed by atoms with Gasteiger partial charge < -0.3 is 4.74 Å². The lowest BCUT2D eigenvalue weighted by Crippen LogP contribution is -2.33. The van der Waals surface area contributed by atoms with Crippen LogP contribution in [0.3, 0.4) is 0 Å². The summed E-state index contributed by atoms with van der Waals surface area (Å²) in [5, 5.41) is 3.25. The monoisotopic (exact) mass is 351 g/mol. The van der Waals surface area contributed by atoms with Crippen LogP contribution >= 0.6 is 0 Å². The fourth-order valence-corrected chi connectivity index (χ4v) is 4.34. The third-order valence-electron chi connectivity index (χ3n) is 5.71. The van der Waals surface area contributed by atoms with Crippen molar-refractivity contribution in [3.05, 3.63) is 70.6 Å². The number of ether oxygens (including phenoxy) is 1. The minimum absolute atomic E-state index is 0.583. The lowest BCUT2D eigenvalue weighted by Gasteiger charge is -2.24. The summed E-state index contributed by atoms with van der Waals surface area (Å²) >= 11 is 0. The van der Waals surface area contributed by atoms with E-state index in [1.54, 1.807) is 0 Å². The van der Waals surface area contributed by atoms with E-state index in [1.807, 2.05) is 18.2 Å². The Hall–Kier alpha value is -3.38. The lowest BCUT2D eigenvalue weighted by atomic mass is 9.89. The largest absolute Gasteiger partial charge is 0.461 e. The highest BCUT2D eigenvalue weighted by Gasteiger charge is 2.34. The fraction of sp³-hybridized carbons (Fsp3) is 0.167. The number of pyridine rings is 1. The van der Waals surface area contributed by atoms with Crippen LogP contribution in [0.1, 0.15) is 16.7 Å². The Bertz CT molecular complexity index is 1340. The summed E-state index contributed by atoms with van der Waals surface area (Å²) in [5.74, 6) is 1.51. The molecule has 130 valence electrons. The van der Waals surface area contributed by atoms with Gasteiger partial charge in [0.15, 0.2) is 0 Å². The molecule has 0 saturated carbocycles. The topological polar surface area (TPSA) is 17.5 Å². The van der Waals surface area contributed by atoms with Crippen molar-refractivity contribution in [1.29, 1.82) is 0 Å². The highest BCUT2D eigenvalue weighted by molar-refractivity contribution is 6.08. The van der Waals surface area contributed by atoms with E-state index in [-0.39, 0.29) is 0 Å². The van der Waals surface area contributed by atoms with Gasteiger partial charge >= 0.3 is 0 Å². The number of hydrogen-bond donors (Lipinski definition) is 0. The van der Waals surface area contributed by atoms with Crippen molar-refractivity contribution >= 4 is 27.4 Å². The van der Waals surface area contributed by atoms with Crippen molar-refractivity contribution in [1.82, 2.24) is 0 Å². The molecule has 1 aliphatic rings. The molecule has 2 heterocycles. The van der Waals surface area contributed by atoms with Gasteiger partial charge in [-0.3, -0.25) is 0 Å². The molecule has 0 spiro atoms. The van der Waals surface area contributed by atoms with Gasteiger partial charge in [0.1, 0.15) is 12.8 Å². The fourth-order valence-electron chi connectivity index (χ4n) is 4.34. The van der Waals surface area contributed by atoms with Gasteiger partial charge in [0.05, 0.1) is 17.5 Å². The second-order valence-corrected chi connectivity index (χ2v) is 7.37. The molecule has 1 aliphatic heterocycles. The van der Waals surface area contributed by atoms with Gasteiger partial charge in [-0.15, -0.1) is 0 Å². The number of rotatable bonds is 0. The van der Waals surface area contributed by atoms with Crippen LogP contribution in [-0.2, 0) is 7.05 Å². The predicted octanol–water partition coefficient (Wildman–Crippen LogP) is 6.07. The summed E-state index contributed by atoms with van der Waals surface area (Å²) in [5.41, 5.74) is 7.43. The molecule has 0 bridgehead atoms. The maximum Gasteiger partial charge on any atom is 0.249 e. The standard InChI is InChI=1S/C24H19N2O/c1-13-10-16-12-14(2)15(3)20-21(16)19(11-13)27-24-22(25-4)17-8-6-7-9-18(17)26(5)23(20)24/h6-12H,1-3,5H3/q+1. The molecule has 0 saturated heterocycles. The number of fused-ring (bicyclic) bond motifs is 3. The van der Waals surface area contributed by atoms with Gasteiger partial charge in [0.25, 0.3) is 0 Å². The van der Waals surface area contributed by atoms with Crippen LogP contribution in [0, 0.1) is 27.3 Å². The van der Waals surface area contributed by atoms with Gasteiger partial charge in [-0.2, -0.15) is 4.57 Å². The molecule has 0 atom stereocenters. The van der Waals surface area contributed by atoms with Gasteiger partial charge in [-0.05, 0) is 48.9 Å². The third-order valence-corrected chi connectivity index (χ3v) is 5.71. The summed E-state index contributed by atoms with van der Waals surface area (Å²) in [6.45, 7) is 14.2. The molecule has 3 heteroatoms. The molecule has 1 aromatic heterocycles. The van der Waals surface area contributed by atoms with Crippen LogP contribution in [0.25, 0.3) is 37.8 Å². The van der Waals surface area contributed by atoms with Crippen molar-refractivity contribution in [3.63, 3.8) is 0 Å². The zero-order valence-corrected chi connectivity index (χ0v) is 15.8. The Labute approximate surface area is 158 Å². The first-order valence-corrected chi connectivity index (χ1v) is 9.06. The van der Waals surface area contributed by atoms with E-state index in [0.29, 0.717) is 11.4 Å². The van der Waals surface area contributed by atoms with Gasteiger partial charge in [-0.1, -0.05) is 30.3 Å². The molecule has 3 nitrogen and oxygen atoms in total. The second kappa shape index (κ2) is 5.31. The van der Waals surface area contributed by atoms with Crippen molar-refractivity contribution in [2.75, 3.05) is 0 Å². The number of aryl methyl sites for hydroxylation is 3. The first-order valence-electron chi connectivity index (χ1n) is 9.06. The molecule has 0 unspecified atom stereocenters. The molecule has 0 N–H and O–H groups in total. The Morgan fingerprint density at radius 1 is 1.04 bits per heavy atom. The molecule has 0 amide bonds. The molecule has 27 heavy (non-hydrogen) atoms. The minimum Gasteiger partial charge on any atom is -0.461 e. The molecule has 0 radical (unpaired) electrons. The maximum absolute atomic E-state index is 7.84. The van der Waals surface area contributed by atoms with Crippen LogP contribution in [-0.4, -0.2) is 0 Å². The first-order chi connectivity index (χ1) is 13.0. The average molecular weight is 351 g/mol. The molecule has 4 aromatic rings. The normalized spacial score (nSPS) is 12.0. The minimum atomic E-state index is 0.583. The highest BCUT2D eigenvalue weighted by atomic mass is 16.5. The average Bonchev–Trinajstić information content (AvgIpc) is 2.65. The van der Waals surface area contributed by atoms with Crippen molar-refractivity contribution < 1.29 is 9.30 Å². The smallest absolute Gasteiger partial charge is 0.249 e. The Balaban J connectivity index is 2.08. The van der Waals surface area contributed by atoms with E-state index in [9.17, 15) is 0 Å². The number of hydrogen-bond acceptors (Lipinski definition) is 1. The predicted molar refractivity (Wildman–Crippen MR) is 109 cm³/mol. The Kier molecular flexibility index (Phi) is 3.12. The summed E-state index contributed by atoms with van der Waals surface area (Å²) < 4.78 is 8.57. The van der Waals surface area contributed by atoms with E-state index < -0.39 is 0 Å². The van der Waals surface area contributed by atoms with Gasteiger partial charge in [0, 0.05) is 11.5 Å². The van der Waals surface area contributed by atoms with Gasteiger partial charge in [0.2, 0.25) is 22.6 Å². The molecule has 3 aromatic carbocycles. The van der Waals surface area contributed by atoms with Crippen LogP contribution in [0.15, 0.2) is 42.5 Å². The van der Waals surface area contributed by atoms with Crippen LogP contribution in [0.5, 0.6) is 11.5 Å². The number of aromatic nitrogens is 1. The molecule has 5 rings (SSSR count). The van der Waals surface area contributed by atoms with E-state index in [2.05, 4.69) is 61.5 Å². The Morgan fingerprint density at radius 3 is 2.59 bits per heavy atom. The summed E-state index contributed by atoms with van der Waals surface area (Å²) in [4.78, 5) is 3.88. The second-order valence-electron chi connectivity index (χ2n) is 7.37. The summed E-state index contributed by atoms with van der Waals surface area (Å²) in [6.07, 6.45) is 0. The van der Waals surface area contributed by atoms with Gasteiger partial charge in [-0.25, -0.2) is 4.85 Å². The zero-order valence-electron chi connectivity index (χ0n) is 15.8. The lowest BCUT2D eigenvalue weighted by molar-refractivity contribution is -0.633. The van der Waals surface area contributed by atoms with Crippen LogP contribution in [0.2, 0.25) is 0 Å². The van der Waals surface area contributed by atoms with Crippen molar-refractivity contribution in [2.45, 2.75) is 20.8 Å². The number of para-hydroxylation sites is 1. The van der Waals surface area contributed by atoms with E-state index in [1.165, 1.54) is 22.1 Å². The highest BCUT2D eigenvalue weighted by Crippen LogP contribution is 2.52. The first kappa shape index (κ1) is 15.8. The summed E-state index contributed by atoms with van der Waals surface area (Å²) in [6, 6.07) is 14.6. The SMILES string of the molecule is [C-]#[N+]c1c2c([n+](C)c3ccccc13)-c1c(C)c(C)cc3cc(C)cc(c13)O2. The summed E-state index contributed by atoms with van der Waals surface area (Å²) in [7, 11) is 2.06.